The van der Waals surface area contributed by atoms with Crippen molar-refractivity contribution in [3.8, 4) is 6.07 Å². The second kappa shape index (κ2) is 4.39. The predicted molar refractivity (Wildman–Crippen MR) is 64.8 cm³/mol. The van der Waals surface area contributed by atoms with Gasteiger partial charge in [0.2, 0.25) is 10.0 Å². The Balaban J connectivity index is 2.35. The number of nitrogens with one attached hydrogen (secondary N) is 1. The van der Waals surface area contributed by atoms with E-state index in [0.717, 1.165) is 10.9 Å². The molecule has 2 aromatic rings. The van der Waals surface area contributed by atoms with Crippen LogP contribution in [-0.2, 0) is 10.0 Å². The summed E-state index contributed by atoms with van der Waals surface area (Å²) in [7, 11) is -3.58. The summed E-state index contributed by atoms with van der Waals surface area (Å²) in [6, 6.07) is 10.2. The zero-order valence-electron chi connectivity index (χ0n) is 8.79. The van der Waals surface area contributed by atoms with E-state index in [4.69, 9.17) is 5.26 Å². The summed E-state index contributed by atoms with van der Waals surface area (Å²) in [5.74, 6) is -0.557. The lowest BCUT2D eigenvalue weighted by Crippen LogP contribution is -2.15. The second-order valence-corrected chi connectivity index (χ2v) is 5.15. The summed E-state index contributed by atoms with van der Waals surface area (Å²) in [6.07, 6.45) is 1.67. The van der Waals surface area contributed by atoms with Gasteiger partial charge in [-0.2, -0.15) is 5.26 Å². The number of fused-ring (bicyclic) bond motifs is 1. The van der Waals surface area contributed by atoms with Crippen LogP contribution >= 0.6 is 0 Å². The average Bonchev–Trinajstić information content (AvgIpc) is 2.28. The molecule has 0 unspecified atom stereocenters. The van der Waals surface area contributed by atoms with Gasteiger partial charge in [-0.05, 0) is 24.3 Å². The summed E-state index contributed by atoms with van der Waals surface area (Å²) in [4.78, 5) is 4.13. The molecule has 5 nitrogen and oxygen atoms in total. The van der Waals surface area contributed by atoms with E-state index in [2.05, 4.69) is 9.71 Å². The van der Waals surface area contributed by atoms with Crippen molar-refractivity contribution in [1.82, 2.24) is 4.98 Å². The fraction of sp³-hybridized carbons (Fsp3) is 0.0909. The van der Waals surface area contributed by atoms with Crippen molar-refractivity contribution in [2.45, 2.75) is 0 Å². The smallest absolute Gasteiger partial charge is 0.246 e. The molecule has 1 N–H and O–H groups in total. The number of anilines is 1. The molecule has 0 bridgehead atoms. The minimum atomic E-state index is -3.58. The van der Waals surface area contributed by atoms with Gasteiger partial charge >= 0.3 is 0 Å². The Hall–Kier alpha value is -2.13. The van der Waals surface area contributed by atoms with Crippen molar-refractivity contribution in [2.75, 3.05) is 10.5 Å². The predicted octanol–water partition coefficient (Wildman–Crippen LogP) is 1.50. The molecule has 0 aliphatic rings. The monoisotopic (exact) mass is 247 g/mol. The van der Waals surface area contributed by atoms with E-state index in [-0.39, 0.29) is 0 Å². The maximum atomic E-state index is 11.4. The summed E-state index contributed by atoms with van der Waals surface area (Å²) < 4.78 is 25.1. The number of aromatic nitrogens is 1. The summed E-state index contributed by atoms with van der Waals surface area (Å²) in [5.41, 5.74) is 1.22. The first-order valence-corrected chi connectivity index (χ1v) is 6.48. The van der Waals surface area contributed by atoms with Crippen molar-refractivity contribution in [2.24, 2.45) is 0 Å². The molecule has 17 heavy (non-hydrogen) atoms. The maximum absolute atomic E-state index is 11.4. The number of rotatable bonds is 3. The topological polar surface area (TPSA) is 82.8 Å². The number of nitrogens with zero attached hydrogens (tertiary/aromatic N) is 2. The van der Waals surface area contributed by atoms with Crippen molar-refractivity contribution in [1.29, 1.82) is 5.26 Å². The molecular formula is C11H9N3O2S. The molecule has 0 spiro atoms. The van der Waals surface area contributed by atoms with Crippen LogP contribution in [0.1, 0.15) is 0 Å². The Kier molecular flexibility index (Phi) is 2.93. The van der Waals surface area contributed by atoms with Gasteiger partial charge < -0.3 is 0 Å². The molecule has 0 radical (unpaired) electrons. The Morgan fingerprint density at radius 2 is 2.18 bits per heavy atom. The van der Waals surface area contributed by atoms with Crippen LogP contribution < -0.4 is 4.72 Å². The third kappa shape index (κ3) is 2.71. The standard InChI is InChI=1S/C11H9N3O2S/c12-5-7-17(15,16)14-10-3-4-11-9(8-10)2-1-6-13-11/h1-4,6,8,14H,7H2. The van der Waals surface area contributed by atoms with E-state index >= 15 is 0 Å². The molecule has 0 atom stereocenters. The fourth-order valence-electron chi connectivity index (χ4n) is 1.44. The van der Waals surface area contributed by atoms with Gasteiger partial charge in [-0.3, -0.25) is 9.71 Å². The van der Waals surface area contributed by atoms with Crippen LogP contribution in [0, 0.1) is 11.3 Å². The highest BCUT2D eigenvalue weighted by molar-refractivity contribution is 7.92. The lowest BCUT2D eigenvalue weighted by Gasteiger charge is -2.05. The lowest BCUT2D eigenvalue weighted by molar-refractivity contribution is 0.604. The normalized spacial score (nSPS) is 11.0. The second-order valence-electron chi connectivity index (χ2n) is 3.43. The van der Waals surface area contributed by atoms with Crippen molar-refractivity contribution < 1.29 is 8.42 Å². The van der Waals surface area contributed by atoms with E-state index in [1.807, 2.05) is 6.07 Å². The maximum Gasteiger partial charge on any atom is 0.246 e. The molecule has 0 fully saturated rings. The van der Waals surface area contributed by atoms with Gasteiger partial charge in [-0.25, -0.2) is 8.42 Å². The molecule has 0 aliphatic heterocycles. The van der Waals surface area contributed by atoms with Gasteiger partial charge in [0.05, 0.1) is 11.6 Å². The molecule has 0 saturated carbocycles. The number of benzene rings is 1. The third-order valence-electron chi connectivity index (χ3n) is 2.13. The zero-order chi connectivity index (χ0) is 12.3. The fourth-order valence-corrected chi connectivity index (χ4v) is 2.17. The quantitative estimate of drug-likeness (QED) is 0.890. The number of nitriles is 1. The SMILES string of the molecule is N#CCS(=O)(=O)Nc1ccc2ncccc2c1. The van der Waals surface area contributed by atoms with E-state index < -0.39 is 15.8 Å². The molecular weight excluding hydrogens is 238 g/mol. The molecule has 86 valence electrons. The highest BCUT2D eigenvalue weighted by atomic mass is 32.2. The van der Waals surface area contributed by atoms with Crippen LogP contribution in [0.5, 0.6) is 0 Å². The molecule has 0 aliphatic carbocycles. The van der Waals surface area contributed by atoms with Crippen LogP contribution in [0.3, 0.4) is 0 Å². The first kappa shape index (κ1) is 11.4. The Bertz CT molecular complexity index is 689. The number of hydrogen-bond acceptors (Lipinski definition) is 4. The average molecular weight is 247 g/mol. The lowest BCUT2D eigenvalue weighted by atomic mass is 10.2. The Labute approximate surface area is 98.8 Å². The van der Waals surface area contributed by atoms with E-state index in [0.29, 0.717) is 5.69 Å². The number of sulfonamides is 1. The first-order chi connectivity index (χ1) is 8.11. The highest BCUT2D eigenvalue weighted by Crippen LogP contribution is 2.17. The van der Waals surface area contributed by atoms with Gasteiger partial charge in [-0.1, -0.05) is 6.07 Å². The van der Waals surface area contributed by atoms with Gasteiger partial charge in [0.25, 0.3) is 0 Å². The first-order valence-electron chi connectivity index (χ1n) is 4.83. The highest BCUT2D eigenvalue weighted by Gasteiger charge is 2.09. The van der Waals surface area contributed by atoms with Crippen molar-refractivity contribution >= 4 is 26.6 Å². The Morgan fingerprint density at radius 3 is 2.94 bits per heavy atom. The van der Waals surface area contributed by atoms with Gasteiger partial charge in [0.1, 0.15) is 0 Å². The van der Waals surface area contributed by atoms with Gasteiger partial charge in [0.15, 0.2) is 5.75 Å². The summed E-state index contributed by atoms with van der Waals surface area (Å²) in [6.45, 7) is 0. The van der Waals surface area contributed by atoms with Gasteiger partial charge in [-0.15, -0.1) is 0 Å². The molecule has 1 aromatic carbocycles. The largest absolute Gasteiger partial charge is 0.283 e. The molecule has 6 heteroatoms. The number of hydrogen-bond donors (Lipinski definition) is 1. The van der Waals surface area contributed by atoms with E-state index in [1.54, 1.807) is 36.5 Å². The van der Waals surface area contributed by atoms with Crippen LogP contribution in [0.15, 0.2) is 36.5 Å². The van der Waals surface area contributed by atoms with E-state index in [9.17, 15) is 8.42 Å². The molecule has 0 saturated heterocycles. The van der Waals surface area contributed by atoms with Gasteiger partial charge in [0, 0.05) is 17.3 Å². The van der Waals surface area contributed by atoms with E-state index in [1.165, 1.54) is 0 Å². The zero-order valence-corrected chi connectivity index (χ0v) is 9.61. The van der Waals surface area contributed by atoms with Crippen LogP contribution in [0.25, 0.3) is 10.9 Å². The third-order valence-corrected chi connectivity index (χ3v) is 3.19. The summed E-state index contributed by atoms with van der Waals surface area (Å²) >= 11 is 0. The number of pyridine rings is 1. The molecule has 1 aromatic heterocycles. The Morgan fingerprint density at radius 1 is 1.35 bits per heavy atom. The molecule has 1 heterocycles. The van der Waals surface area contributed by atoms with Crippen molar-refractivity contribution in [3.05, 3.63) is 36.5 Å². The van der Waals surface area contributed by atoms with Crippen molar-refractivity contribution in [3.63, 3.8) is 0 Å². The molecule has 2 rings (SSSR count). The van der Waals surface area contributed by atoms with Crippen LogP contribution in [0.4, 0.5) is 5.69 Å². The molecule has 0 amide bonds. The minimum Gasteiger partial charge on any atom is -0.283 e. The minimum absolute atomic E-state index is 0.431. The van der Waals surface area contributed by atoms with Crippen LogP contribution in [-0.4, -0.2) is 19.2 Å². The summed E-state index contributed by atoms with van der Waals surface area (Å²) in [5, 5.41) is 9.21. The van der Waals surface area contributed by atoms with Crippen LogP contribution in [0.2, 0.25) is 0 Å².